The van der Waals surface area contributed by atoms with Crippen molar-refractivity contribution in [3.8, 4) is 5.75 Å². The Hall–Kier alpha value is -1.75. The molecule has 0 radical (unpaired) electrons. The largest absolute Gasteiger partial charge is 0.494 e. The van der Waals surface area contributed by atoms with Gasteiger partial charge in [-0.15, -0.1) is 0 Å². The number of guanidine groups is 1. The van der Waals surface area contributed by atoms with Gasteiger partial charge in [-0.1, -0.05) is 31.5 Å². The van der Waals surface area contributed by atoms with E-state index in [1.165, 1.54) is 25.8 Å². The third-order valence-corrected chi connectivity index (χ3v) is 4.60. The molecule has 1 aliphatic rings. The molecule has 0 aliphatic carbocycles. The van der Waals surface area contributed by atoms with Crippen LogP contribution in [0.1, 0.15) is 38.7 Å². The van der Waals surface area contributed by atoms with Crippen LogP contribution < -0.4 is 15.4 Å². The van der Waals surface area contributed by atoms with Crippen LogP contribution >= 0.6 is 0 Å². The number of ether oxygens (including phenoxy) is 1. The lowest BCUT2D eigenvalue weighted by Gasteiger charge is -2.35. The lowest BCUT2D eigenvalue weighted by atomic mass is 10.0. The van der Waals surface area contributed by atoms with E-state index in [9.17, 15) is 0 Å². The van der Waals surface area contributed by atoms with Crippen LogP contribution in [0.25, 0.3) is 0 Å². The predicted molar refractivity (Wildman–Crippen MR) is 101 cm³/mol. The average molecular weight is 332 g/mol. The van der Waals surface area contributed by atoms with E-state index in [0.29, 0.717) is 19.2 Å². The number of benzene rings is 1. The SMILES string of the molecule is CCOc1ccccc1CNC(=NC)NCC1CCCCN1CC. The van der Waals surface area contributed by atoms with Gasteiger partial charge in [0, 0.05) is 31.7 Å². The van der Waals surface area contributed by atoms with Gasteiger partial charge in [0.15, 0.2) is 5.96 Å². The highest BCUT2D eigenvalue weighted by Gasteiger charge is 2.20. The second-order valence-corrected chi connectivity index (χ2v) is 6.13. The standard InChI is InChI=1S/C19H32N4O/c1-4-23-13-9-8-11-17(23)15-22-19(20-3)21-14-16-10-6-7-12-18(16)24-5-2/h6-7,10,12,17H,4-5,8-9,11,13-15H2,1-3H3,(H2,20,21,22). The van der Waals surface area contributed by atoms with Gasteiger partial charge in [0.05, 0.1) is 6.61 Å². The maximum absolute atomic E-state index is 5.68. The number of likely N-dealkylation sites (N-methyl/N-ethyl adjacent to an activating group) is 1. The van der Waals surface area contributed by atoms with Crippen molar-refractivity contribution < 1.29 is 4.74 Å². The van der Waals surface area contributed by atoms with E-state index >= 15 is 0 Å². The highest BCUT2D eigenvalue weighted by atomic mass is 16.5. The fourth-order valence-corrected chi connectivity index (χ4v) is 3.27. The molecular weight excluding hydrogens is 300 g/mol. The number of rotatable bonds is 7. The summed E-state index contributed by atoms with van der Waals surface area (Å²) in [6.07, 6.45) is 3.92. The Morgan fingerprint density at radius 2 is 2.08 bits per heavy atom. The number of likely N-dealkylation sites (tertiary alicyclic amines) is 1. The van der Waals surface area contributed by atoms with E-state index in [4.69, 9.17) is 4.74 Å². The number of hydrogen-bond acceptors (Lipinski definition) is 3. The summed E-state index contributed by atoms with van der Waals surface area (Å²) < 4.78 is 5.68. The van der Waals surface area contributed by atoms with Crippen LogP contribution in [0.15, 0.2) is 29.3 Å². The minimum Gasteiger partial charge on any atom is -0.494 e. The molecule has 1 aromatic carbocycles. The molecule has 24 heavy (non-hydrogen) atoms. The van der Waals surface area contributed by atoms with E-state index in [-0.39, 0.29) is 0 Å². The summed E-state index contributed by atoms with van der Waals surface area (Å²) in [5, 5.41) is 6.88. The van der Waals surface area contributed by atoms with Crippen LogP contribution in [0.5, 0.6) is 5.75 Å². The summed E-state index contributed by atoms with van der Waals surface area (Å²) in [5.74, 6) is 1.79. The maximum atomic E-state index is 5.68. The first-order chi connectivity index (χ1) is 11.8. The van der Waals surface area contributed by atoms with Gasteiger partial charge >= 0.3 is 0 Å². The van der Waals surface area contributed by atoms with E-state index in [2.05, 4.69) is 33.5 Å². The minimum atomic E-state index is 0.609. The molecule has 1 aliphatic heterocycles. The summed E-state index contributed by atoms with van der Waals surface area (Å²) >= 11 is 0. The Bertz CT molecular complexity index is 518. The van der Waals surface area contributed by atoms with Crippen LogP contribution in [0.2, 0.25) is 0 Å². The van der Waals surface area contributed by atoms with Crippen molar-refractivity contribution in [2.24, 2.45) is 4.99 Å². The third kappa shape index (κ3) is 5.41. The van der Waals surface area contributed by atoms with Crippen molar-refractivity contribution >= 4 is 5.96 Å². The topological polar surface area (TPSA) is 48.9 Å². The lowest BCUT2D eigenvalue weighted by molar-refractivity contribution is 0.157. The molecule has 1 heterocycles. The minimum absolute atomic E-state index is 0.609. The zero-order valence-corrected chi connectivity index (χ0v) is 15.3. The van der Waals surface area contributed by atoms with Gasteiger partial charge in [-0.05, 0) is 38.9 Å². The Labute approximate surface area is 146 Å². The van der Waals surface area contributed by atoms with Crippen molar-refractivity contribution in [2.75, 3.05) is 33.3 Å². The van der Waals surface area contributed by atoms with E-state index in [0.717, 1.165) is 30.4 Å². The molecule has 1 fully saturated rings. The molecule has 2 rings (SSSR count). The van der Waals surface area contributed by atoms with E-state index in [1.807, 2.05) is 32.2 Å². The second-order valence-electron chi connectivity index (χ2n) is 6.13. The molecule has 1 unspecified atom stereocenters. The molecule has 5 heteroatoms. The van der Waals surface area contributed by atoms with Crippen LogP contribution in [-0.2, 0) is 6.54 Å². The molecule has 5 nitrogen and oxygen atoms in total. The summed E-state index contributed by atoms with van der Waals surface area (Å²) in [6, 6.07) is 8.75. The monoisotopic (exact) mass is 332 g/mol. The average Bonchev–Trinajstić information content (AvgIpc) is 2.63. The van der Waals surface area contributed by atoms with E-state index < -0.39 is 0 Å². The molecule has 1 aromatic rings. The zero-order chi connectivity index (χ0) is 17.2. The van der Waals surface area contributed by atoms with Crippen LogP contribution in [0.4, 0.5) is 0 Å². The summed E-state index contributed by atoms with van der Waals surface area (Å²) in [4.78, 5) is 6.91. The van der Waals surface area contributed by atoms with Crippen LogP contribution in [-0.4, -0.2) is 50.2 Å². The summed E-state index contributed by atoms with van der Waals surface area (Å²) in [7, 11) is 1.82. The highest BCUT2D eigenvalue weighted by molar-refractivity contribution is 5.79. The second kappa shape index (κ2) is 10.2. The molecule has 2 N–H and O–H groups in total. The zero-order valence-electron chi connectivity index (χ0n) is 15.3. The number of nitrogens with one attached hydrogen (secondary N) is 2. The fourth-order valence-electron chi connectivity index (χ4n) is 3.27. The molecule has 0 aromatic heterocycles. The normalized spacial score (nSPS) is 19.1. The van der Waals surface area contributed by atoms with Crippen LogP contribution in [0.3, 0.4) is 0 Å². The smallest absolute Gasteiger partial charge is 0.191 e. The molecule has 0 saturated carbocycles. The number of hydrogen-bond donors (Lipinski definition) is 2. The van der Waals surface area contributed by atoms with Gasteiger partial charge in [-0.3, -0.25) is 9.89 Å². The molecule has 0 amide bonds. The number of aliphatic imine (C=N–C) groups is 1. The Morgan fingerprint density at radius 3 is 2.83 bits per heavy atom. The summed E-state index contributed by atoms with van der Waals surface area (Å²) in [6.45, 7) is 8.93. The molecule has 0 spiro atoms. The van der Waals surface area contributed by atoms with E-state index in [1.54, 1.807) is 0 Å². The van der Waals surface area contributed by atoms with Gasteiger partial charge in [-0.2, -0.15) is 0 Å². The predicted octanol–water partition coefficient (Wildman–Crippen LogP) is 2.62. The lowest BCUT2D eigenvalue weighted by Crippen LogP contribution is -2.48. The number of para-hydroxylation sites is 1. The Morgan fingerprint density at radius 1 is 1.25 bits per heavy atom. The number of piperidine rings is 1. The molecule has 0 bridgehead atoms. The van der Waals surface area contributed by atoms with Crippen molar-refractivity contribution in [3.05, 3.63) is 29.8 Å². The first kappa shape index (κ1) is 18.6. The quantitative estimate of drug-likeness (QED) is 0.595. The number of nitrogens with zero attached hydrogens (tertiary/aromatic N) is 2. The van der Waals surface area contributed by atoms with Crippen LogP contribution in [0, 0.1) is 0 Å². The van der Waals surface area contributed by atoms with Gasteiger partial charge < -0.3 is 15.4 Å². The Balaban J connectivity index is 1.84. The highest BCUT2D eigenvalue weighted by Crippen LogP contribution is 2.18. The van der Waals surface area contributed by atoms with Crippen molar-refractivity contribution in [2.45, 2.75) is 45.7 Å². The molecule has 134 valence electrons. The maximum Gasteiger partial charge on any atom is 0.191 e. The van der Waals surface area contributed by atoms with Gasteiger partial charge in [0.25, 0.3) is 0 Å². The van der Waals surface area contributed by atoms with Gasteiger partial charge in [0.2, 0.25) is 0 Å². The first-order valence-electron chi connectivity index (χ1n) is 9.17. The van der Waals surface area contributed by atoms with Gasteiger partial charge in [0.1, 0.15) is 5.75 Å². The first-order valence-corrected chi connectivity index (χ1v) is 9.17. The van der Waals surface area contributed by atoms with Gasteiger partial charge in [-0.25, -0.2) is 0 Å². The Kier molecular flexibility index (Phi) is 7.89. The van der Waals surface area contributed by atoms with Crippen molar-refractivity contribution in [1.29, 1.82) is 0 Å². The summed E-state index contributed by atoms with van der Waals surface area (Å²) in [5.41, 5.74) is 1.15. The molecule has 1 atom stereocenters. The molecular formula is C19H32N4O. The fraction of sp³-hybridized carbons (Fsp3) is 0.632. The third-order valence-electron chi connectivity index (χ3n) is 4.60. The molecule has 1 saturated heterocycles. The van der Waals surface area contributed by atoms with Crippen molar-refractivity contribution in [1.82, 2.24) is 15.5 Å². The van der Waals surface area contributed by atoms with Crippen molar-refractivity contribution in [3.63, 3.8) is 0 Å².